The first-order chi connectivity index (χ1) is 14.5. The number of nitrogens with zero attached hydrogens (tertiary/aromatic N) is 2. The van der Waals surface area contributed by atoms with Gasteiger partial charge < -0.3 is 14.2 Å². The van der Waals surface area contributed by atoms with Crippen LogP contribution in [0.4, 0.5) is 0 Å². The van der Waals surface area contributed by atoms with Crippen molar-refractivity contribution in [2.45, 2.75) is 12.8 Å². The molecule has 0 fully saturated rings. The van der Waals surface area contributed by atoms with Crippen LogP contribution in [0, 0.1) is 0 Å². The molecule has 0 aliphatic heterocycles. The molecule has 1 aromatic carbocycles. The van der Waals surface area contributed by atoms with Crippen molar-refractivity contribution in [1.29, 1.82) is 0 Å². The van der Waals surface area contributed by atoms with Gasteiger partial charge in [0.05, 0.1) is 36.4 Å². The number of pyridine rings is 2. The van der Waals surface area contributed by atoms with Gasteiger partial charge in [-0.3, -0.25) is 14.8 Å². The predicted octanol–water partition coefficient (Wildman–Crippen LogP) is 4.85. The lowest BCUT2D eigenvalue weighted by molar-refractivity contribution is 0.0988. The lowest BCUT2D eigenvalue weighted by atomic mass is 10.0. The summed E-state index contributed by atoms with van der Waals surface area (Å²) in [6.45, 7) is 0.338. The zero-order valence-electron chi connectivity index (χ0n) is 16.5. The minimum absolute atomic E-state index is 0.00359. The third-order valence-electron chi connectivity index (χ3n) is 4.48. The molecule has 0 amide bonds. The van der Waals surface area contributed by atoms with Gasteiger partial charge in [0.15, 0.2) is 17.3 Å². The van der Waals surface area contributed by atoms with Crippen LogP contribution in [0.1, 0.15) is 21.5 Å². The first-order valence-corrected chi connectivity index (χ1v) is 9.88. The average Bonchev–Trinajstić information content (AvgIpc) is 2.76. The Morgan fingerprint density at radius 3 is 2.27 bits per heavy atom. The normalized spacial score (nSPS) is 10.5. The van der Waals surface area contributed by atoms with Crippen LogP contribution in [-0.2, 0) is 12.8 Å². The summed E-state index contributed by atoms with van der Waals surface area (Å²) in [7, 11) is 3.02. The van der Waals surface area contributed by atoms with Crippen LogP contribution >= 0.6 is 23.2 Å². The number of hydrogen-bond donors (Lipinski definition) is 0. The number of ether oxygens (including phenoxy) is 3. The van der Waals surface area contributed by atoms with E-state index in [4.69, 9.17) is 37.4 Å². The molecule has 0 radical (unpaired) electrons. The van der Waals surface area contributed by atoms with Crippen LogP contribution in [0.25, 0.3) is 0 Å². The van der Waals surface area contributed by atoms with Crippen molar-refractivity contribution in [2.24, 2.45) is 0 Å². The summed E-state index contributed by atoms with van der Waals surface area (Å²) in [6.07, 6.45) is 6.99. The quantitative estimate of drug-likeness (QED) is 0.437. The van der Waals surface area contributed by atoms with Crippen molar-refractivity contribution in [2.75, 3.05) is 20.8 Å². The SMILES string of the molecule is COc1ccc(C(=O)Cc2c(Cl)cncc2Cl)c(OCCc2ccncc2)c1OC. The van der Waals surface area contributed by atoms with Crippen LogP contribution in [0.3, 0.4) is 0 Å². The highest BCUT2D eigenvalue weighted by molar-refractivity contribution is 6.36. The maximum Gasteiger partial charge on any atom is 0.204 e. The Morgan fingerprint density at radius 2 is 1.63 bits per heavy atom. The molecule has 2 heterocycles. The van der Waals surface area contributed by atoms with E-state index in [2.05, 4.69) is 9.97 Å². The van der Waals surface area contributed by atoms with Gasteiger partial charge in [-0.15, -0.1) is 0 Å². The number of ketones is 1. The fourth-order valence-electron chi connectivity index (χ4n) is 2.94. The fraction of sp³-hybridized carbons (Fsp3) is 0.227. The van der Waals surface area contributed by atoms with Crippen LogP contribution in [0.2, 0.25) is 10.0 Å². The van der Waals surface area contributed by atoms with E-state index < -0.39 is 0 Å². The van der Waals surface area contributed by atoms with Gasteiger partial charge in [-0.2, -0.15) is 0 Å². The molecule has 3 aromatic rings. The first-order valence-electron chi connectivity index (χ1n) is 9.13. The number of aromatic nitrogens is 2. The summed E-state index contributed by atoms with van der Waals surface area (Å²) in [5.41, 5.74) is 1.93. The van der Waals surface area contributed by atoms with E-state index >= 15 is 0 Å². The van der Waals surface area contributed by atoms with Gasteiger partial charge in [-0.1, -0.05) is 23.2 Å². The molecule has 0 spiro atoms. The second-order valence-corrected chi connectivity index (χ2v) is 7.13. The third kappa shape index (κ3) is 5.01. The molecule has 0 aliphatic rings. The highest BCUT2D eigenvalue weighted by Gasteiger charge is 2.23. The number of hydrogen-bond acceptors (Lipinski definition) is 6. The highest BCUT2D eigenvalue weighted by atomic mass is 35.5. The summed E-state index contributed by atoms with van der Waals surface area (Å²) in [6, 6.07) is 7.13. The largest absolute Gasteiger partial charge is 0.493 e. The number of carbonyl (C=O) groups excluding carboxylic acids is 1. The minimum Gasteiger partial charge on any atom is -0.493 e. The summed E-state index contributed by atoms with van der Waals surface area (Å²) in [4.78, 5) is 21.0. The Balaban J connectivity index is 1.89. The summed E-state index contributed by atoms with van der Waals surface area (Å²) < 4.78 is 16.8. The standard InChI is InChI=1S/C22H20Cl2N2O4/c1-28-20-4-3-15(19(27)11-16-17(23)12-26-13-18(16)24)21(22(20)29-2)30-10-7-14-5-8-25-9-6-14/h3-6,8-9,12-13H,7,10-11H2,1-2H3. The second-order valence-electron chi connectivity index (χ2n) is 6.31. The van der Waals surface area contributed by atoms with Crippen LogP contribution in [-0.4, -0.2) is 36.6 Å². The number of carbonyl (C=O) groups is 1. The molecule has 156 valence electrons. The molecule has 3 rings (SSSR count). The van der Waals surface area contributed by atoms with Crippen molar-refractivity contribution in [3.05, 3.63) is 75.8 Å². The van der Waals surface area contributed by atoms with E-state index in [1.54, 1.807) is 24.5 Å². The van der Waals surface area contributed by atoms with Crippen LogP contribution in [0.15, 0.2) is 49.1 Å². The first kappa shape index (κ1) is 21.9. The number of methoxy groups -OCH3 is 2. The van der Waals surface area contributed by atoms with Gasteiger partial charge in [0, 0.05) is 43.2 Å². The maximum atomic E-state index is 13.1. The van der Waals surface area contributed by atoms with Gasteiger partial charge in [-0.05, 0) is 29.8 Å². The topological polar surface area (TPSA) is 70.5 Å². The highest BCUT2D eigenvalue weighted by Crippen LogP contribution is 2.41. The fourth-order valence-corrected chi connectivity index (χ4v) is 3.44. The Morgan fingerprint density at radius 1 is 0.933 bits per heavy atom. The molecule has 30 heavy (non-hydrogen) atoms. The van der Waals surface area contributed by atoms with E-state index in [9.17, 15) is 4.79 Å². The summed E-state index contributed by atoms with van der Waals surface area (Å²) >= 11 is 12.4. The average molecular weight is 447 g/mol. The number of rotatable bonds is 9. The molecule has 0 aliphatic carbocycles. The van der Waals surface area contributed by atoms with Gasteiger partial charge in [0.25, 0.3) is 0 Å². The van der Waals surface area contributed by atoms with E-state index in [1.165, 1.54) is 26.6 Å². The molecule has 6 nitrogen and oxygen atoms in total. The van der Waals surface area contributed by atoms with E-state index in [-0.39, 0.29) is 12.2 Å². The molecule has 0 atom stereocenters. The molecule has 0 unspecified atom stereocenters. The van der Waals surface area contributed by atoms with Gasteiger partial charge in [0.1, 0.15) is 0 Å². The summed E-state index contributed by atoms with van der Waals surface area (Å²) in [5.74, 6) is 0.917. The molecule has 0 N–H and O–H groups in total. The van der Waals surface area contributed by atoms with E-state index in [0.717, 1.165) is 5.56 Å². The van der Waals surface area contributed by atoms with Crippen molar-refractivity contribution in [3.8, 4) is 17.2 Å². The van der Waals surface area contributed by atoms with Gasteiger partial charge >= 0.3 is 0 Å². The predicted molar refractivity (Wildman–Crippen MR) is 115 cm³/mol. The third-order valence-corrected chi connectivity index (χ3v) is 5.13. The molecular weight excluding hydrogens is 427 g/mol. The van der Waals surface area contributed by atoms with Crippen LogP contribution < -0.4 is 14.2 Å². The Labute approximate surface area is 184 Å². The number of halogens is 2. The minimum atomic E-state index is -0.218. The number of Topliss-reactive ketones (excluding diaryl/α,β-unsaturated/α-hetero) is 1. The molecule has 0 saturated carbocycles. The second kappa shape index (κ2) is 10.3. The van der Waals surface area contributed by atoms with Crippen molar-refractivity contribution in [3.63, 3.8) is 0 Å². The van der Waals surface area contributed by atoms with E-state index in [1.807, 2.05) is 12.1 Å². The molecule has 0 saturated heterocycles. The molecule has 0 bridgehead atoms. The van der Waals surface area contributed by atoms with Gasteiger partial charge in [0.2, 0.25) is 5.75 Å². The Bertz CT molecular complexity index is 1010. The molecular formula is C22H20Cl2N2O4. The smallest absolute Gasteiger partial charge is 0.204 e. The number of benzene rings is 1. The van der Waals surface area contributed by atoms with Crippen molar-refractivity contribution in [1.82, 2.24) is 9.97 Å². The van der Waals surface area contributed by atoms with Crippen LogP contribution in [0.5, 0.6) is 17.2 Å². The van der Waals surface area contributed by atoms with E-state index in [0.29, 0.717) is 51.4 Å². The van der Waals surface area contributed by atoms with Gasteiger partial charge in [-0.25, -0.2) is 0 Å². The Kier molecular flexibility index (Phi) is 7.49. The van der Waals surface area contributed by atoms with Crippen molar-refractivity contribution >= 4 is 29.0 Å². The van der Waals surface area contributed by atoms with Crippen molar-refractivity contribution < 1.29 is 19.0 Å². The zero-order valence-corrected chi connectivity index (χ0v) is 18.0. The molecule has 8 heteroatoms. The lowest BCUT2D eigenvalue weighted by Crippen LogP contribution is -2.11. The zero-order chi connectivity index (χ0) is 21.5. The monoisotopic (exact) mass is 446 g/mol. The maximum absolute atomic E-state index is 13.1. The molecule has 2 aromatic heterocycles. The summed E-state index contributed by atoms with van der Waals surface area (Å²) in [5, 5.41) is 0.660. The lowest BCUT2D eigenvalue weighted by Gasteiger charge is -2.17. The Hall–Kier alpha value is -2.83.